The second-order valence-corrected chi connectivity index (χ2v) is 5.21. The Kier molecular flexibility index (Phi) is 6.03. The van der Waals surface area contributed by atoms with Crippen molar-refractivity contribution in [1.82, 2.24) is 4.90 Å². The van der Waals surface area contributed by atoms with Crippen LogP contribution in [0.5, 0.6) is 0 Å². The fourth-order valence-corrected chi connectivity index (χ4v) is 2.27. The molecule has 2 nitrogen and oxygen atoms in total. The first kappa shape index (κ1) is 15.1. The average Bonchev–Trinajstić information content (AvgIpc) is 2.24. The minimum Gasteiger partial charge on any atom is -0.371 e. The van der Waals surface area contributed by atoms with E-state index in [0.717, 1.165) is 25.9 Å². The topological polar surface area (TPSA) is 12.5 Å². The molecule has 0 saturated carbocycles. The van der Waals surface area contributed by atoms with Crippen LogP contribution in [0.25, 0.3) is 0 Å². The Balaban J connectivity index is 2.07. The summed E-state index contributed by atoms with van der Waals surface area (Å²) < 4.78 is 40.0. The molecule has 1 heterocycles. The predicted molar refractivity (Wildman–Crippen MR) is 61.4 cm³/mol. The van der Waals surface area contributed by atoms with E-state index in [1.165, 1.54) is 0 Å². The molecule has 102 valence electrons. The van der Waals surface area contributed by atoms with Crippen LogP contribution in [0.15, 0.2) is 0 Å². The van der Waals surface area contributed by atoms with Gasteiger partial charge in [-0.1, -0.05) is 0 Å². The first-order valence-corrected chi connectivity index (χ1v) is 6.33. The van der Waals surface area contributed by atoms with Gasteiger partial charge in [-0.25, -0.2) is 0 Å². The Morgan fingerprint density at radius 2 is 1.94 bits per heavy atom. The standard InChI is InChI=1S/C11H19ClF3NO/c1-9(12)10-2-4-16(5-3-10)6-7-17-8-11(13,14)15/h9-10H,2-8H2,1H3. The molecule has 1 fully saturated rings. The van der Waals surface area contributed by atoms with Crippen LogP contribution in [0.2, 0.25) is 0 Å². The van der Waals surface area contributed by atoms with Crippen molar-refractivity contribution >= 4 is 11.6 Å². The Hall–Kier alpha value is -0.0000000000000000555. The van der Waals surface area contributed by atoms with Gasteiger partial charge in [0.15, 0.2) is 0 Å². The molecule has 0 aromatic carbocycles. The number of nitrogens with zero attached hydrogens (tertiary/aromatic N) is 1. The van der Waals surface area contributed by atoms with E-state index < -0.39 is 12.8 Å². The lowest BCUT2D eigenvalue weighted by Crippen LogP contribution is -2.38. The summed E-state index contributed by atoms with van der Waals surface area (Å²) in [7, 11) is 0. The fraction of sp³-hybridized carbons (Fsp3) is 1.00. The van der Waals surface area contributed by atoms with Crippen molar-refractivity contribution in [1.29, 1.82) is 0 Å². The molecule has 0 amide bonds. The van der Waals surface area contributed by atoms with Gasteiger partial charge in [0.05, 0.1) is 6.61 Å². The SMILES string of the molecule is CC(Cl)C1CCN(CCOCC(F)(F)F)CC1. The van der Waals surface area contributed by atoms with Gasteiger partial charge in [0.2, 0.25) is 0 Å². The van der Waals surface area contributed by atoms with E-state index in [9.17, 15) is 13.2 Å². The van der Waals surface area contributed by atoms with Gasteiger partial charge < -0.3 is 9.64 Å². The molecule has 1 atom stereocenters. The number of likely N-dealkylation sites (tertiary alicyclic amines) is 1. The molecular formula is C11H19ClF3NO. The highest BCUT2D eigenvalue weighted by atomic mass is 35.5. The molecule has 6 heteroatoms. The zero-order valence-corrected chi connectivity index (χ0v) is 10.7. The minimum absolute atomic E-state index is 0.139. The number of ether oxygens (including phenoxy) is 1. The van der Waals surface area contributed by atoms with Crippen LogP contribution >= 0.6 is 11.6 Å². The molecule has 0 aromatic rings. The van der Waals surface area contributed by atoms with Gasteiger partial charge in [-0.2, -0.15) is 13.2 Å². The average molecular weight is 274 g/mol. The van der Waals surface area contributed by atoms with Crippen molar-refractivity contribution in [2.75, 3.05) is 32.8 Å². The lowest BCUT2D eigenvalue weighted by molar-refractivity contribution is -0.174. The van der Waals surface area contributed by atoms with Crippen LogP contribution in [0.4, 0.5) is 13.2 Å². The molecule has 0 aromatic heterocycles. The van der Waals surface area contributed by atoms with Crippen LogP contribution in [-0.2, 0) is 4.74 Å². The molecule has 1 aliphatic rings. The third-order valence-corrected chi connectivity index (χ3v) is 3.46. The molecule has 1 aliphatic heterocycles. The van der Waals surface area contributed by atoms with Crippen molar-refractivity contribution in [3.63, 3.8) is 0 Å². The summed E-state index contributed by atoms with van der Waals surface area (Å²) in [5.41, 5.74) is 0. The maximum Gasteiger partial charge on any atom is 0.411 e. The smallest absolute Gasteiger partial charge is 0.371 e. The Morgan fingerprint density at radius 3 is 2.41 bits per heavy atom. The van der Waals surface area contributed by atoms with Crippen molar-refractivity contribution in [2.45, 2.75) is 31.3 Å². The van der Waals surface area contributed by atoms with Crippen LogP contribution in [0.3, 0.4) is 0 Å². The first-order chi connectivity index (χ1) is 7.88. The molecule has 1 unspecified atom stereocenters. The van der Waals surface area contributed by atoms with Crippen LogP contribution in [-0.4, -0.2) is 49.3 Å². The number of hydrogen-bond acceptors (Lipinski definition) is 2. The molecule has 17 heavy (non-hydrogen) atoms. The maximum absolute atomic E-state index is 11.8. The van der Waals surface area contributed by atoms with E-state index in [0.29, 0.717) is 12.5 Å². The normalized spacial score (nSPS) is 21.7. The predicted octanol–water partition coefficient (Wildman–Crippen LogP) is 2.90. The van der Waals surface area contributed by atoms with Crippen molar-refractivity contribution < 1.29 is 17.9 Å². The van der Waals surface area contributed by atoms with E-state index in [-0.39, 0.29) is 12.0 Å². The van der Waals surface area contributed by atoms with Crippen molar-refractivity contribution in [3.8, 4) is 0 Å². The Morgan fingerprint density at radius 1 is 1.35 bits per heavy atom. The first-order valence-electron chi connectivity index (χ1n) is 5.89. The highest BCUT2D eigenvalue weighted by Crippen LogP contribution is 2.23. The molecule has 1 rings (SSSR count). The lowest BCUT2D eigenvalue weighted by atomic mass is 9.94. The van der Waals surface area contributed by atoms with Gasteiger partial charge in [-0.3, -0.25) is 0 Å². The number of halogens is 4. The van der Waals surface area contributed by atoms with E-state index in [2.05, 4.69) is 9.64 Å². The van der Waals surface area contributed by atoms with Gasteiger partial charge in [0.25, 0.3) is 0 Å². The van der Waals surface area contributed by atoms with E-state index in [4.69, 9.17) is 11.6 Å². The highest BCUT2D eigenvalue weighted by molar-refractivity contribution is 6.20. The monoisotopic (exact) mass is 273 g/mol. The summed E-state index contributed by atoms with van der Waals surface area (Å²) in [5.74, 6) is 0.531. The van der Waals surface area contributed by atoms with Gasteiger partial charge in [0, 0.05) is 11.9 Å². The lowest BCUT2D eigenvalue weighted by Gasteiger charge is -2.32. The zero-order chi connectivity index (χ0) is 12.9. The highest BCUT2D eigenvalue weighted by Gasteiger charge is 2.27. The number of hydrogen-bond donors (Lipinski definition) is 0. The fourth-order valence-electron chi connectivity index (χ4n) is 2.02. The maximum atomic E-state index is 11.8. The number of piperidine rings is 1. The van der Waals surface area contributed by atoms with Gasteiger partial charge in [-0.15, -0.1) is 11.6 Å². The molecule has 0 aliphatic carbocycles. The summed E-state index contributed by atoms with van der Waals surface area (Å²) in [6, 6.07) is 0. The second kappa shape index (κ2) is 6.81. The summed E-state index contributed by atoms with van der Waals surface area (Å²) in [6.07, 6.45) is -2.19. The van der Waals surface area contributed by atoms with Crippen LogP contribution in [0.1, 0.15) is 19.8 Å². The third-order valence-electron chi connectivity index (χ3n) is 3.10. The van der Waals surface area contributed by atoms with E-state index in [1.807, 2.05) is 6.92 Å². The molecule has 0 spiro atoms. The molecule has 0 bridgehead atoms. The largest absolute Gasteiger partial charge is 0.411 e. The number of alkyl halides is 4. The van der Waals surface area contributed by atoms with Crippen LogP contribution < -0.4 is 0 Å². The summed E-state index contributed by atoms with van der Waals surface area (Å²) in [5, 5.41) is 0.179. The zero-order valence-electron chi connectivity index (χ0n) is 9.97. The molecule has 0 N–H and O–H groups in total. The minimum atomic E-state index is -4.22. The number of rotatable bonds is 5. The van der Waals surface area contributed by atoms with Crippen molar-refractivity contribution in [3.05, 3.63) is 0 Å². The third kappa shape index (κ3) is 6.48. The van der Waals surface area contributed by atoms with E-state index in [1.54, 1.807) is 0 Å². The molecule has 1 saturated heterocycles. The molecular weight excluding hydrogens is 255 g/mol. The summed E-state index contributed by atoms with van der Waals surface area (Å²) >= 11 is 6.01. The van der Waals surface area contributed by atoms with E-state index >= 15 is 0 Å². The van der Waals surface area contributed by atoms with Crippen LogP contribution in [0, 0.1) is 5.92 Å². The summed E-state index contributed by atoms with van der Waals surface area (Å²) in [4.78, 5) is 2.13. The summed E-state index contributed by atoms with van der Waals surface area (Å²) in [6.45, 7) is 3.35. The quantitative estimate of drug-likeness (QED) is 0.564. The Labute approximate surface area is 105 Å². The van der Waals surface area contributed by atoms with Crippen molar-refractivity contribution in [2.24, 2.45) is 5.92 Å². The van der Waals surface area contributed by atoms with Gasteiger partial charge in [-0.05, 0) is 38.8 Å². The van der Waals surface area contributed by atoms with Gasteiger partial charge >= 0.3 is 6.18 Å². The second-order valence-electron chi connectivity index (χ2n) is 4.52. The molecule has 0 radical (unpaired) electrons. The Bertz CT molecular complexity index is 215. The van der Waals surface area contributed by atoms with Gasteiger partial charge in [0.1, 0.15) is 6.61 Å².